The monoisotopic (exact) mass is 287 g/mol. The van der Waals surface area contributed by atoms with Crippen LogP contribution in [0.3, 0.4) is 0 Å². The zero-order chi connectivity index (χ0) is 15.4. The fourth-order valence-corrected chi connectivity index (χ4v) is 1.93. The highest BCUT2D eigenvalue weighted by atomic mass is 16.5. The van der Waals surface area contributed by atoms with Crippen molar-refractivity contribution in [1.29, 1.82) is 0 Å². The Labute approximate surface area is 123 Å². The van der Waals surface area contributed by atoms with Crippen LogP contribution in [0, 0.1) is 6.92 Å². The summed E-state index contributed by atoms with van der Waals surface area (Å²) in [5, 5.41) is 10.7. The lowest BCUT2D eigenvalue weighted by Crippen LogP contribution is -2.27. The molecule has 110 valence electrons. The second-order valence-electron chi connectivity index (χ2n) is 4.56. The molecule has 2 aromatic carbocycles. The van der Waals surface area contributed by atoms with E-state index in [1.165, 1.54) is 14.2 Å². The van der Waals surface area contributed by atoms with E-state index < -0.39 is 5.91 Å². The maximum absolute atomic E-state index is 12.4. The summed E-state index contributed by atoms with van der Waals surface area (Å²) < 4.78 is 10.2. The van der Waals surface area contributed by atoms with Gasteiger partial charge in [-0.3, -0.25) is 10.0 Å². The van der Waals surface area contributed by atoms with E-state index in [0.29, 0.717) is 22.2 Å². The largest absolute Gasteiger partial charge is 0.497 e. The molecule has 5 heteroatoms. The predicted molar refractivity (Wildman–Crippen MR) is 79.3 cm³/mol. The van der Waals surface area contributed by atoms with Crippen molar-refractivity contribution in [1.82, 2.24) is 0 Å². The molecule has 0 radical (unpaired) electrons. The molecule has 5 nitrogen and oxygen atoms in total. The van der Waals surface area contributed by atoms with Gasteiger partial charge in [-0.25, -0.2) is 0 Å². The van der Waals surface area contributed by atoms with E-state index in [9.17, 15) is 10.0 Å². The van der Waals surface area contributed by atoms with E-state index in [-0.39, 0.29) is 5.56 Å². The maximum atomic E-state index is 12.4. The molecule has 0 aliphatic rings. The molecule has 0 spiro atoms. The van der Waals surface area contributed by atoms with Gasteiger partial charge in [0, 0.05) is 11.6 Å². The van der Waals surface area contributed by atoms with Crippen molar-refractivity contribution in [2.75, 3.05) is 19.3 Å². The Bertz CT molecular complexity index is 632. The van der Waals surface area contributed by atoms with Gasteiger partial charge in [0.25, 0.3) is 5.91 Å². The number of hydroxylamine groups is 1. The summed E-state index contributed by atoms with van der Waals surface area (Å²) in [6.07, 6.45) is 0. The third-order valence-corrected chi connectivity index (χ3v) is 3.04. The van der Waals surface area contributed by atoms with Gasteiger partial charge in [-0.2, -0.15) is 5.06 Å². The van der Waals surface area contributed by atoms with Crippen LogP contribution in [0.1, 0.15) is 15.9 Å². The van der Waals surface area contributed by atoms with Gasteiger partial charge in [-0.05, 0) is 36.8 Å². The van der Waals surface area contributed by atoms with Gasteiger partial charge in [0.1, 0.15) is 11.5 Å². The number of amides is 1. The molecule has 0 aliphatic heterocycles. The lowest BCUT2D eigenvalue weighted by molar-refractivity contribution is 0.0854. The second kappa shape index (κ2) is 6.28. The number of hydrogen-bond acceptors (Lipinski definition) is 4. The maximum Gasteiger partial charge on any atom is 0.282 e. The van der Waals surface area contributed by atoms with Crippen molar-refractivity contribution in [3.8, 4) is 11.5 Å². The standard InChI is InChI=1S/C16H17NO4/c1-11-5-4-6-13(7-11)17(19)16(18)12-8-14(20-2)10-15(9-12)21-3/h4-10,19H,1-3H3. The Hall–Kier alpha value is -2.53. The number of aryl methyl sites for hydroxylation is 1. The minimum absolute atomic E-state index is 0.273. The smallest absolute Gasteiger partial charge is 0.282 e. The molecule has 2 aromatic rings. The zero-order valence-corrected chi connectivity index (χ0v) is 12.2. The number of rotatable bonds is 4. The molecule has 1 N–H and O–H groups in total. The first-order chi connectivity index (χ1) is 10.0. The van der Waals surface area contributed by atoms with Gasteiger partial charge in [-0.1, -0.05) is 12.1 Å². The molecule has 2 rings (SSSR count). The van der Waals surface area contributed by atoms with Gasteiger partial charge in [0.15, 0.2) is 0 Å². The molecule has 0 bridgehead atoms. The van der Waals surface area contributed by atoms with Crippen LogP contribution in [0.15, 0.2) is 42.5 Å². The van der Waals surface area contributed by atoms with Crippen LogP contribution in [0.5, 0.6) is 11.5 Å². The fourth-order valence-electron chi connectivity index (χ4n) is 1.93. The highest BCUT2D eigenvalue weighted by molar-refractivity contribution is 6.05. The number of methoxy groups -OCH3 is 2. The van der Waals surface area contributed by atoms with Crippen molar-refractivity contribution in [2.24, 2.45) is 0 Å². The molecule has 0 aliphatic carbocycles. The molecular weight excluding hydrogens is 270 g/mol. The molecule has 0 aromatic heterocycles. The molecule has 0 saturated carbocycles. The number of benzene rings is 2. The summed E-state index contributed by atoms with van der Waals surface area (Å²) in [6.45, 7) is 1.89. The van der Waals surface area contributed by atoms with Crippen LogP contribution in [0.4, 0.5) is 5.69 Å². The number of ether oxygens (including phenoxy) is 2. The van der Waals surface area contributed by atoms with Gasteiger partial charge in [0.05, 0.1) is 19.9 Å². The summed E-state index contributed by atoms with van der Waals surface area (Å²) in [4.78, 5) is 12.4. The van der Waals surface area contributed by atoms with Crippen LogP contribution in [-0.4, -0.2) is 25.3 Å². The first-order valence-electron chi connectivity index (χ1n) is 6.38. The van der Waals surface area contributed by atoms with Crippen LogP contribution in [0.2, 0.25) is 0 Å². The predicted octanol–water partition coefficient (Wildman–Crippen LogP) is 3.05. The molecule has 0 unspecified atom stereocenters. The van der Waals surface area contributed by atoms with Gasteiger partial charge >= 0.3 is 0 Å². The van der Waals surface area contributed by atoms with Crippen LogP contribution >= 0.6 is 0 Å². The first kappa shape index (κ1) is 14.9. The average Bonchev–Trinajstić information content (AvgIpc) is 2.52. The van der Waals surface area contributed by atoms with Crippen molar-refractivity contribution >= 4 is 11.6 Å². The number of nitrogens with zero attached hydrogens (tertiary/aromatic N) is 1. The van der Waals surface area contributed by atoms with E-state index in [0.717, 1.165) is 5.56 Å². The highest BCUT2D eigenvalue weighted by Gasteiger charge is 2.17. The van der Waals surface area contributed by atoms with Gasteiger partial charge < -0.3 is 9.47 Å². The van der Waals surface area contributed by atoms with Crippen LogP contribution in [0.25, 0.3) is 0 Å². The first-order valence-corrected chi connectivity index (χ1v) is 6.38. The lowest BCUT2D eigenvalue weighted by atomic mass is 10.1. The fraction of sp³-hybridized carbons (Fsp3) is 0.188. The van der Waals surface area contributed by atoms with Gasteiger partial charge in [0.2, 0.25) is 0 Å². The molecule has 21 heavy (non-hydrogen) atoms. The Morgan fingerprint density at radius 1 is 1.05 bits per heavy atom. The van der Waals surface area contributed by atoms with E-state index >= 15 is 0 Å². The summed E-state index contributed by atoms with van der Waals surface area (Å²) in [5.41, 5.74) is 1.62. The van der Waals surface area contributed by atoms with Gasteiger partial charge in [-0.15, -0.1) is 0 Å². The van der Waals surface area contributed by atoms with Crippen molar-refractivity contribution in [2.45, 2.75) is 6.92 Å². The van der Waals surface area contributed by atoms with E-state index in [2.05, 4.69) is 0 Å². The average molecular weight is 287 g/mol. The third-order valence-electron chi connectivity index (χ3n) is 3.04. The second-order valence-corrected chi connectivity index (χ2v) is 4.56. The highest BCUT2D eigenvalue weighted by Crippen LogP contribution is 2.24. The Balaban J connectivity index is 2.35. The normalized spacial score (nSPS) is 10.1. The molecule has 0 heterocycles. The number of hydrogen-bond donors (Lipinski definition) is 1. The third kappa shape index (κ3) is 3.32. The minimum Gasteiger partial charge on any atom is -0.497 e. The summed E-state index contributed by atoms with van der Waals surface area (Å²) in [7, 11) is 3.00. The van der Waals surface area contributed by atoms with Crippen LogP contribution in [-0.2, 0) is 0 Å². The molecule has 1 amide bonds. The minimum atomic E-state index is -0.558. The van der Waals surface area contributed by atoms with E-state index in [1.54, 1.807) is 36.4 Å². The Kier molecular flexibility index (Phi) is 4.45. The topological polar surface area (TPSA) is 59.0 Å². The van der Waals surface area contributed by atoms with Crippen molar-refractivity contribution < 1.29 is 19.5 Å². The molecular formula is C16H17NO4. The molecule has 0 saturated heterocycles. The van der Waals surface area contributed by atoms with E-state index in [1.807, 2.05) is 13.0 Å². The number of anilines is 1. The lowest BCUT2D eigenvalue weighted by Gasteiger charge is -2.16. The van der Waals surface area contributed by atoms with Crippen molar-refractivity contribution in [3.05, 3.63) is 53.6 Å². The Morgan fingerprint density at radius 3 is 2.19 bits per heavy atom. The SMILES string of the molecule is COc1cc(OC)cc(C(=O)N(O)c2cccc(C)c2)c1. The van der Waals surface area contributed by atoms with Crippen LogP contribution < -0.4 is 14.5 Å². The van der Waals surface area contributed by atoms with Crippen molar-refractivity contribution in [3.63, 3.8) is 0 Å². The summed E-state index contributed by atoms with van der Waals surface area (Å²) in [5.74, 6) is 0.406. The molecule has 0 fully saturated rings. The van der Waals surface area contributed by atoms with E-state index in [4.69, 9.17) is 9.47 Å². The summed E-state index contributed by atoms with van der Waals surface area (Å²) >= 11 is 0. The summed E-state index contributed by atoms with van der Waals surface area (Å²) in [6, 6.07) is 11.8. The quantitative estimate of drug-likeness (QED) is 0.693. The molecule has 0 atom stereocenters. The number of carbonyl (C=O) groups is 1. The Morgan fingerprint density at radius 2 is 1.67 bits per heavy atom. The zero-order valence-electron chi connectivity index (χ0n) is 12.2. The number of carbonyl (C=O) groups excluding carboxylic acids is 1.